The van der Waals surface area contributed by atoms with Gasteiger partial charge in [0.1, 0.15) is 0 Å². The largest absolute Gasteiger partial charge is 0.397 e. The average Bonchev–Trinajstić information content (AvgIpc) is 2.89. The van der Waals surface area contributed by atoms with Gasteiger partial charge in [0, 0.05) is 18.8 Å². The second-order valence-electron chi connectivity index (χ2n) is 4.59. The van der Waals surface area contributed by atoms with Crippen LogP contribution in [0.3, 0.4) is 0 Å². The molecule has 6 nitrogen and oxygen atoms in total. The van der Waals surface area contributed by atoms with Crippen molar-refractivity contribution in [1.29, 1.82) is 0 Å². The number of nitrogens with one attached hydrogen (secondary N) is 1. The van der Waals surface area contributed by atoms with Crippen molar-refractivity contribution in [3.05, 3.63) is 42.2 Å². The highest BCUT2D eigenvalue weighted by Crippen LogP contribution is 2.15. The molecule has 1 unspecified atom stereocenters. The van der Waals surface area contributed by atoms with E-state index in [0.717, 1.165) is 5.69 Å². The maximum atomic E-state index is 12.0. The van der Waals surface area contributed by atoms with E-state index in [-0.39, 0.29) is 18.6 Å². The molecular weight excluding hydrogens is 256 g/mol. The molecule has 2 rings (SSSR count). The van der Waals surface area contributed by atoms with E-state index in [2.05, 4.69) is 10.4 Å². The molecule has 1 aromatic heterocycles. The predicted octanol–water partition coefficient (Wildman–Crippen LogP) is 0.955. The molecule has 20 heavy (non-hydrogen) atoms. The molecule has 1 heterocycles. The number of nitrogen functional groups attached to an aromatic ring is 1. The number of hydrogen-bond acceptors (Lipinski definition) is 4. The zero-order chi connectivity index (χ0) is 14.5. The minimum atomic E-state index is -0.265. The summed E-state index contributed by atoms with van der Waals surface area (Å²) in [5, 5.41) is 15.8. The Bertz CT molecular complexity index is 594. The van der Waals surface area contributed by atoms with Gasteiger partial charge in [0.25, 0.3) is 5.91 Å². The van der Waals surface area contributed by atoms with Gasteiger partial charge in [-0.15, -0.1) is 0 Å². The molecule has 0 aliphatic carbocycles. The van der Waals surface area contributed by atoms with E-state index in [1.54, 1.807) is 23.0 Å². The van der Waals surface area contributed by atoms with Gasteiger partial charge >= 0.3 is 0 Å². The van der Waals surface area contributed by atoms with Gasteiger partial charge in [-0.2, -0.15) is 5.10 Å². The summed E-state index contributed by atoms with van der Waals surface area (Å²) in [5.41, 5.74) is 7.51. The lowest BCUT2D eigenvalue weighted by molar-refractivity contribution is 0.0929. The first-order valence-electron chi connectivity index (χ1n) is 6.44. The fraction of sp³-hybridized carbons (Fsp3) is 0.286. The normalized spacial score (nSPS) is 12.1. The number of amides is 1. The van der Waals surface area contributed by atoms with E-state index >= 15 is 0 Å². The van der Waals surface area contributed by atoms with Crippen molar-refractivity contribution in [3.63, 3.8) is 0 Å². The molecule has 0 radical (unpaired) electrons. The van der Waals surface area contributed by atoms with Crippen molar-refractivity contribution in [2.24, 2.45) is 0 Å². The zero-order valence-corrected chi connectivity index (χ0v) is 11.3. The molecule has 0 spiro atoms. The lowest BCUT2D eigenvalue weighted by atomic mass is 10.2. The van der Waals surface area contributed by atoms with Gasteiger partial charge in [-0.1, -0.05) is 12.1 Å². The van der Waals surface area contributed by atoms with Crippen molar-refractivity contribution >= 4 is 11.6 Å². The third-order valence-corrected chi connectivity index (χ3v) is 2.94. The van der Waals surface area contributed by atoms with Crippen molar-refractivity contribution in [3.8, 4) is 5.69 Å². The quantitative estimate of drug-likeness (QED) is 0.708. The Morgan fingerprint density at radius 1 is 1.45 bits per heavy atom. The first kappa shape index (κ1) is 14.1. The van der Waals surface area contributed by atoms with E-state index in [4.69, 9.17) is 10.8 Å². The summed E-state index contributed by atoms with van der Waals surface area (Å²) in [6, 6.07) is 8.84. The maximum absolute atomic E-state index is 12.0. The van der Waals surface area contributed by atoms with E-state index in [0.29, 0.717) is 17.8 Å². The Kier molecular flexibility index (Phi) is 4.37. The fourth-order valence-electron chi connectivity index (χ4n) is 1.84. The molecule has 1 aromatic carbocycles. The lowest BCUT2D eigenvalue weighted by Gasteiger charge is -2.10. The smallest absolute Gasteiger partial charge is 0.271 e. The zero-order valence-electron chi connectivity index (χ0n) is 11.3. The number of carbonyl (C=O) groups excluding carboxylic acids is 1. The van der Waals surface area contributed by atoms with Gasteiger partial charge in [0.05, 0.1) is 11.4 Å². The Morgan fingerprint density at radius 2 is 2.20 bits per heavy atom. The van der Waals surface area contributed by atoms with Crippen molar-refractivity contribution < 1.29 is 9.90 Å². The van der Waals surface area contributed by atoms with Gasteiger partial charge in [-0.25, -0.2) is 4.68 Å². The standard InChI is InChI=1S/C14H18N4O2/c1-10(7-9-19)16-14(20)12-6-8-18(17-12)13-5-3-2-4-11(13)15/h2-6,8,10,19H,7,9,15H2,1H3,(H,16,20). The molecule has 0 fully saturated rings. The number of carbonyl (C=O) groups is 1. The van der Waals surface area contributed by atoms with E-state index in [9.17, 15) is 4.79 Å². The van der Waals surface area contributed by atoms with Crippen LogP contribution in [0.1, 0.15) is 23.8 Å². The molecule has 1 amide bonds. The van der Waals surface area contributed by atoms with Crippen LogP contribution < -0.4 is 11.1 Å². The molecule has 0 bridgehead atoms. The molecule has 0 aliphatic rings. The van der Waals surface area contributed by atoms with Crippen LogP contribution in [0.5, 0.6) is 0 Å². The second kappa shape index (κ2) is 6.21. The van der Waals surface area contributed by atoms with Crippen molar-refractivity contribution in [2.45, 2.75) is 19.4 Å². The molecule has 0 saturated carbocycles. The molecule has 106 valence electrons. The van der Waals surface area contributed by atoms with Gasteiger partial charge in [0.2, 0.25) is 0 Å². The van der Waals surface area contributed by atoms with Crippen molar-refractivity contribution in [1.82, 2.24) is 15.1 Å². The first-order chi connectivity index (χ1) is 9.61. The van der Waals surface area contributed by atoms with Crippen LogP contribution in [0, 0.1) is 0 Å². The maximum Gasteiger partial charge on any atom is 0.271 e. The van der Waals surface area contributed by atoms with E-state index in [1.165, 1.54) is 0 Å². The third kappa shape index (κ3) is 3.16. The number of aliphatic hydroxyl groups is 1. The summed E-state index contributed by atoms with van der Waals surface area (Å²) >= 11 is 0. The van der Waals surface area contributed by atoms with Gasteiger partial charge in [-0.3, -0.25) is 4.79 Å². The van der Waals surface area contributed by atoms with Crippen LogP contribution in [0.15, 0.2) is 36.5 Å². The lowest BCUT2D eigenvalue weighted by Crippen LogP contribution is -2.33. The minimum Gasteiger partial charge on any atom is -0.397 e. The Morgan fingerprint density at radius 3 is 2.90 bits per heavy atom. The summed E-state index contributed by atoms with van der Waals surface area (Å²) in [6.45, 7) is 1.87. The number of rotatable bonds is 5. The number of benzene rings is 1. The summed E-state index contributed by atoms with van der Waals surface area (Å²) < 4.78 is 1.57. The Hall–Kier alpha value is -2.34. The molecule has 2 aromatic rings. The van der Waals surface area contributed by atoms with Crippen LogP contribution in [0.2, 0.25) is 0 Å². The van der Waals surface area contributed by atoms with Crippen LogP contribution in [-0.4, -0.2) is 33.4 Å². The molecule has 1 atom stereocenters. The molecular formula is C14H18N4O2. The number of para-hydroxylation sites is 2. The molecule has 0 saturated heterocycles. The Balaban J connectivity index is 2.13. The van der Waals surface area contributed by atoms with Gasteiger partial charge in [0.15, 0.2) is 5.69 Å². The monoisotopic (exact) mass is 274 g/mol. The summed E-state index contributed by atoms with van der Waals surface area (Å²) in [6.07, 6.45) is 2.20. The van der Waals surface area contributed by atoms with Crippen LogP contribution >= 0.6 is 0 Å². The van der Waals surface area contributed by atoms with Gasteiger partial charge < -0.3 is 16.2 Å². The first-order valence-corrected chi connectivity index (χ1v) is 6.44. The van der Waals surface area contributed by atoms with E-state index < -0.39 is 0 Å². The fourth-order valence-corrected chi connectivity index (χ4v) is 1.84. The van der Waals surface area contributed by atoms with Crippen molar-refractivity contribution in [2.75, 3.05) is 12.3 Å². The number of aliphatic hydroxyl groups excluding tert-OH is 1. The van der Waals surface area contributed by atoms with Gasteiger partial charge in [-0.05, 0) is 31.5 Å². The average molecular weight is 274 g/mol. The number of aromatic nitrogens is 2. The summed E-state index contributed by atoms with van der Waals surface area (Å²) in [5.74, 6) is -0.265. The highest BCUT2D eigenvalue weighted by atomic mass is 16.3. The SMILES string of the molecule is CC(CCO)NC(=O)c1ccn(-c2ccccc2N)n1. The van der Waals surface area contributed by atoms with Crippen LogP contribution in [0.4, 0.5) is 5.69 Å². The molecule has 6 heteroatoms. The number of hydrogen-bond donors (Lipinski definition) is 3. The Labute approximate surface area is 117 Å². The third-order valence-electron chi connectivity index (χ3n) is 2.94. The molecule has 4 N–H and O–H groups in total. The topological polar surface area (TPSA) is 93.2 Å². The van der Waals surface area contributed by atoms with Crippen LogP contribution in [-0.2, 0) is 0 Å². The highest BCUT2D eigenvalue weighted by Gasteiger charge is 2.13. The predicted molar refractivity (Wildman–Crippen MR) is 76.6 cm³/mol. The highest BCUT2D eigenvalue weighted by molar-refractivity contribution is 5.92. The number of anilines is 1. The number of nitrogens with two attached hydrogens (primary N) is 1. The molecule has 0 aliphatic heterocycles. The summed E-state index contributed by atoms with van der Waals surface area (Å²) in [4.78, 5) is 12.0. The minimum absolute atomic E-state index is 0.0381. The van der Waals surface area contributed by atoms with E-state index in [1.807, 2.05) is 25.1 Å². The summed E-state index contributed by atoms with van der Waals surface area (Å²) in [7, 11) is 0. The number of nitrogens with zero attached hydrogens (tertiary/aromatic N) is 2. The second-order valence-corrected chi connectivity index (χ2v) is 4.59. The van der Waals surface area contributed by atoms with Crippen LogP contribution in [0.25, 0.3) is 5.69 Å².